The third-order valence-electron chi connectivity index (χ3n) is 3.41. The number of nitriles is 1. The number of halogens is 2. The van der Waals surface area contributed by atoms with Gasteiger partial charge in [-0.05, 0) is 24.3 Å². The highest BCUT2D eigenvalue weighted by atomic mass is 19.1. The molecule has 8 heteroatoms. The van der Waals surface area contributed by atoms with Crippen LogP contribution in [0.3, 0.4) is 0 Å². The second kappa shape index (κ2) is 6.52. The third kappa shape index (κ3) is 2.98. The molecule has 0 radical (unpaired) electrons. The Morgan fingerprint density at radius 2 is 2.17 bits per heavy atom. The summed E-state index contributed by atoms with van der Waals surface area (Å²) in [5.41, 5.74) is 7.48. The Bertz CT molecular complexity index is 970. The van der Waals surface area contributed by atoms with Crippen molar-refractivity contribution >= 4 is 11.0 Å². The van der Waals surface area contributed by atoms with Crippen molar-refractivity contribution in [3.8, 4) is 17.2 Å². The van der Waals surface area contributed by atoms with Crippen LogP contribution >= 0.6 is 0 Å². The Hall–Kier alpha value is -3.18. The molecular formula is C16H12F2N6. The molecule has 0 unspecified atom stereocenters. The zero-order valence-electron chi connectivity index (χ0n) is 12.4. The summed E-state index contributed by atoms with van der Waals surface area (Å²) in [7, 11) is 0. The van der Waals surface area contributed by atoms with Gasteiger partial charge in [0.05, 0.1) is 29.9 Å². The average Bonchev–Trinajstić information content (AvgIpc) is 2.97. The van der Waals surface area contributed by atoms with Gasteiger partial charge in [0.25, 0.3) is 0 Å². The molecule has 24 heavy (non-hydrogen) atoms. The largest absolute Gasteiger partial charge is 0.327 e. The lowest BCUT2D eigenvalue weighted by atomic mass is 10.0. The van der Waals surface area contributed by atoms with Crippen LogP contribution in [0, 0.1) is 17.1 Å². The van der Waals surface area contributed by atoms with Crippen LogP contribution in [0.1, 0.15) is 5.56 Å². The Morgan fingerprint density at radius 1 is 1.33 bits per heavy atom. The second-order valence-corrected chi connectivity index (χ2v) is 5.03. The summed E-state index contributed by atoms with van der Waals surface area (Å²) in [6, 6.07) is 6.45. The van der Waals surface area contributed by atoms with Gasteiger partial charge in [0.2, 0.25) is 0 Å². The van der Waals surface area contributed by atoms with Gasteiger partial charge in [-0.2, -0.15) is 5.26 Å². The van der Waals surface area contributed by atoms with Gasteiger partial charge in [-0.15, -0.1) is 5.10 Å². The number of rotatable bonds is 4. The highest BCUT2D eigenvalue weighted by Gasteiger charge is 2.14. The van der Waals surface area contributed by atoms with Gasteiger partial charge in [-0.1, -0.05) is 5.21 Å². The van der Waals surface area contributed by atoms with E-state index in [0.29, 0.717) is 27.7 Å². The Balaban J connectivity index is 2.19. The lowest BCUT2D eigenvalue weighted by molar-refractivity contribution is 0.524. The highest BCUT2D eigenvalue weighted by molar-refractivity contribution is 5.92. The standard InChI is InChI=1S/C16H12F2N6/c17-12(1-2-19)9-24-15-4-10(6-20)3-14(16(15)22-23-24)11-5-13(18)8-21-7-11/h1,3-5,7-8H,2,9,19H2/b12-1-. The van der Waals surface area contributed by atoms with E-state index >= 15 is 0 Å². The molecule has 6 nitrogen and oxygen atoms in total. The molecule has 3 rings (SSSR count). The summed E-state index contributed by atoms with van der Waals surface area (Å²) in [6.45, 7) is -0.0778. The predicted molar refractivity (Wildman–Crippen MR) is 83.7 cm³/mol. The molecule has 0 aliphatic carbocycles. The lowest BCUT2D eigenvalue weighted by Gasteiger charge is -2.05. The SMILES string of the molecule is N#Cc1cc(-c2cncc(F)c2)c2nnn(C/C(F)=C/CN)c2c1. The smallest absolute Gasteiger partial charge is 0.142 e. The van der Waals surface area contributed by atoms with E-state index in [2.05, 4.69) is 15.3 Å². The molecule has 120 valence electrons. The van der Waals surface area contributed by atoms with Gasteiger partial charge >= 0.3 is 0 Å². The minimum Gasteiger partial charge on any atom is -0.327 e. The van der Waals surface area contributed by atoms with Gasteiger partial charge in [0, 0.05) is 23.9 Å². The van der Waals surface area contributed by atoms with Gasteiger partial charge in [-0.3, -0.25) is 4.98 Å². The molecule has 3 aromatic rings. The van der Waals surface area contributed by atoms with Crippen molar-refractivity contribution in [1.29, 1.82) is 5.26 Å². The lowest BCUT2D eigenvalue weighted by Crippen LogP contribution is -2.03. The van der Waals surface area contributed by atoms with Crippen LogP contribution in [0.25, 0.3) is 22.2 Å². The molecule has 2 aromatic heterocycles. The first-order valence-electron chi connectivity index (χ1n) is 7.05. The van der Waals surface area contributed by atoms with Crippen molar-refractivity contribution in [2.75, 3.05) is 6.54 Å². The minimum absolute atomic E-state index is 0.0715. The fourth-order valence-electron chi connectivity index (χ4n) is 2.36. The van der Waals surface area contributed by atoms with E-state index in [1.54, 1.807) is 12.1 Å². The summed E-state index contributed by atoms with van der Waals surface area (Å²) in [5.74, 6) is -0.965. The molecule has 1 aromatic carbocycles. The number of allylic oxidation sites excluding steroid dienone is 1. The van der Waals surface area contributed by atoms with Crippen LogP contribution < -0.4 is 5.73 Å². The Labute approximate surface area is 135 Å². The molecule has 0 fully saturated rings. The Kier molecular flexibility index (Phi) is 4.26. The van der Waals surface area contributed by atoms with E-state index in [-0.39, 0.29) is 13.1 Å². The quantitative estimate of drug-likeness (QED) is 0.794. The number of fused-ring (bicyclic) bond motifs is 1. The second-order valence-electron chi connectivity index (χ2n) is 5.03. The van der Waals surface area contributed by atoms with E-state index in [1.165, 1.54) is 23.0 Å². The maximum absolute atomic E-state index is 13.7. The van der Waals surface area contributed by atoms with Crippen LogP contribution in [0.4, 0.5) is 8.78 Å². The fourth-order valence-corrected chi connectivity index (χ4v) is 2.36. The van der Waals surface area contributed by atoms with E-state index in [4.69, 9.17) is 5.73 Å². The molecule has 0 saturated heterocycles. The van der Waals surface area contributed by atoms with E-state index in [1.807, 2.05) is 6.07 Å². The summed E-state index contributed by atoms with van der Waals surface area (Å²) in [6.07, 6.45) is 3.78. The normalized spacial score (nSPS) is 11.7. The number of nitrogens with two attached hydrogens (primary N) is 1. The molecule has 0 saturated carbocycles. The van der Waals surface area contributed by atoms with Gasteiger partial charge in [0.15, 0.2) is 0 Å². The number of hydrogen-bond donors (Lipinski definition) is 1. The molecule has 2 heterocycles. The summed E-state index contributed by atoms with van der Waals surface area (Å²) in [4.78, 5) is 3.81. The summed E-state index contributed by atoms with van der Waals surface area (Å²) in [5, 5.41) is 17.2. The van der Waals surface area contributed by atoms with Gasteiger partial charge in [0.1, 0.15) is 17.2 Å². The van der Waals surface area contributed by atoms with E-state index < -0.39 is 11.6 Å². The molecule has 0 aliphatic rings. The van der Waals surface area contributed by atoms with Crippen LogP contribution in [0.5, 0.6) is 0 Å². The number of nitrogens with zero attached hydrogens (tertiary/aromatic N) is 5. The zero-order valence-corrected chi connectivity index (χ0v) is 12.4. The van der Waals surface area contributed by atoms with Gasteiger partial charge in [-0.25, -0.2) is 13.5 Å². The summed E-state index contributed by atoms with van der Waals surface area (Å²) < 4.78 is 28.5. The monoisotopic (exact) mass is 326 g/mol. The van der Waals surface area contributed by atoms with Crippen molar-refractivity contribution in [2.45, 2.75) is 6.54 Å². The first-order valence-corrected chi connectivity index (χ1v) is 7.05. The summed E-state index contributed by atoms with van der Waals surface area (Å²) >= 11 is 0. The minimum atomic E-state index is -0.507. The maximum atomic E-state index is 13.7. The van der Waals surface area contributed by atoms with Crippen LogP contribution in [-0.2, 0) is 6.54 Å². The zero-order chi connectivity index (χ0) is 17.1. The molecular weight excluding hydrogens is 314 g/mol. The van der Waals surface area contributed by atoms with Crippen molar-refractivity contribution in [3.05, 3.63) is 53.9 Å². The topological polar surface area (TPSA) is 93.4 Å². The van der Waals surface area contributed by atoms with Crippen molar-refractivity contribution in [2.24, 2.45) is 5.73 Å². The number of pyridine rings is 1. The number of benzene rings is 1. The van der Waals surface area contributed by atoms with Crippen molar-refractivity contribution in [3.63, 3.8) is 0 Å². The van der Waals surface area contributed by atoms with Crippen LogP contribution in [-0.4, -0.2) is 26.5 Å². The molecule has 0 aliphatic heterocycles. The first kappa shape index (κ1) is 15.7. The van der Waals surface area contributed by atoms with Crippen LogP contribution in [0.15, 0.2) is 42.5 Å². The number of hydrogen-bond acceptors (Lipinski definition) is 5. The third-order valence-corrected chi connectivity index (χ3v) is 3.41. The maximum Gasteiger partial charge on any atom is 0.142 e. The number of aromatic nitrogens is 4. The highest BCUT2D eigenvalue weighted by Crippen LogP contribution is 2.29. The molecule has 2 N–H and O–H groups in total. The van der Waals surface area contributed by atoms with Crippen molar-refractivity contribution < 1.29 is 8.78 Å². The molecule has 0 bridgehead atoms. The molecule has 0 amide bonds. The Morgan fingerprint density at radius 3 is 2.88 bits per heavy atom. The first-order chi connectivity index (χ1) is 11.6. The van der Waals surface area contributed by atoms with Crippen LogP contribution in [0.2, 0.25) is 0 Å². The predicted octanol–water partition coefficient (Wildman–Crippen LogP) is 2.32. The average molecular weight is 326 g/mol. The van der Waals surface area contributed by atoms with Gasteiger partial charge < -0.3 is 5.73 Å². The van der Waals surface area contributed by atoms with E-state index in [9.17, 15) is 14.0 Å². The van der Waals surface area contributed by atoms with Crippen molar-refractivity contribution in [1.82, 2.24) is 20.0 Å². The molecule has 0 spiro atoms. The fraction of sp³-hybridized carbons (Fsp3) is 0.125. The van der Waals surface area contributed by atoms with E-state index in [0.717, 1.165) is 6.20 Å². The molecule has 0 atom stereocenters.